The Balaban J connectivity index is 1.88. The van der Waals surface area contributed by atoms with Gasteiger partial charge < -0.3 is 5.32 Å². The second-order valence-corrected chi connectivity index (χ2v) is 5.82. The summed E-state index contributed by atoms with van der Waals surface area (Å²) in [5.41, 5.74) is 2.94. The SMILES string of the molecule is Cc1ncccc1NC(=O)c1cc(-c2ccc(Cl)c(Cl)c2)ncn1. The molecule has 3 rings (SSSR count). The molecule has 0 bridgehead atoms. The van der Waals surface area contributed by atoms with Gasteiger partial charge in [-0.05, 0) is 37.3 Å². The number of halogens is 2. The van der Waals surface area contributed by atoms with Gasteiger partial charge in [0.2, 0.25) is 0 Å². The topological polar surface area (TPSA) is 67.8 Å². The fourth-order valence-corrected chi connectivity index (χ4v) is 2.40. The molecule has 0 spiro atoms. The summed E-state index contributed by atoms with van der Waals surface area (Å²) in [4.78, 5) is 24.7. The first-order valence-corrected chi connectivity index (χ1v) is 7.80. The zero-order valence-corrected chi connectivity index (χ0v) is 14.1. The standard InChI is InChI=1S/C17H12Cl2N4O/c1-10-14(3-2-6-20-10)23-17(24)16-8-15(21-9-22-16)11-4-5-12(18)13(19)7-11/h2-9H,1H3,(H,23,24). The zero-order valence-electron chi connectivity index (χ0n) is 12.6. The number of hydrogen-bond acceptors (Lipinski definition) is 4. The van der Waals surface area contributed by atoms with Gasteiger partial charge in [-0.1, -0.05) is 29.3 Å². The van der Waals surface area contributed by atoms with Crippen LogP contribution in [0.2, 0.25) is 10.0 Å². The molecule has 1 aromatic carbocycles. The summed E-state index contributed by atoms with van der Waals surface area (Å²) in [6.07, 6.45) is 3.00. The van der Waals surface area contributed by atoms with Crippen LogP contribution in [0.25, 0.3) is 11.3 Å². The van der Waals surface area contributed by atoms with E-state index in [4.69, 9.17) is 23.2 Å². The number of carbonyl (C=O) groups is 1. The molecular weight excluding hydrogens is 347 g/mol. The summed E-state index contributed by atoms with van der Waals surface area (Å²) >= 11 is 11.9. The number of nitrogens with zero attached hydrogens (tertiary/aromatic N) is 3. The number of rotatable bonds is 3. The lowest BCUT2D eigenvalue weighted by atomic mass is 10.1. The predicted molar refractivity (Wildman–Crippen MR) is 94.4 cm³/mol. The van der Waals surface area contributed by atoms with Crippen molar-refractivity contribution in [1.82, 2.24) is 15.0 Å². The Bertz CT molecular complexity index is 915. The first kappa shape index (κ1) is 16.4. The first-order valence-electron chi connectivity index (χ1n) is 7.05. The van der Waals surface area contributed by atoms with Crippen molar-refractivity contribution in [2.45, 2.75) is 6.92 Å². The smallest absolute Gasteiger partial charge is 0.274 e. The molecule has 1 amide bonds. The van der Waals surface area contributed by atoms with E-state index >= 15 is 0 Å². The van der Waals surface area contributed by atoms with Gasteiger partial charge in [0.05, 0.1) is 27.1 Å². The van der Waals surface area contributed by atoms with Crippen LogP contribution < -0.4 is 5.32 Å². The van der Waals surface area contributed by atoms with E-state index in [9.17, 15) is 4.79 Å². The van der Waals surface area contributed by atoms with Crippen LogP contribution >= 0.6 is 23.2 Å². The molecule has 0 aliphatic heterocycles. The van der Waals surface area contributed by atoms with Gasteiger partial charge in [-0.25, -0.2) is 9.97 Å². The monoisotopic (exact) mass is 358 g/mol. The molecule has 0 unspecified atom stereocenters. The Labute approximate surface area is 148 Å². The lowest BCUT2D eigenvalue weighted by Crippen LogP contribution is -2.15. The molecule has 0 radical (unpaired) electrons. The molecule has 0 fully saturated rings. The molecule has 0 aliphatic carbocycles. The Morgan fingerprint density at radius 1 is 1.04 bits per heavy atom. The van der Waals surface area contributed by atoms with Gasteiger partial charge in [-0.15, -0.1) is 0 Å². The van der Waals surface area contributed by atoms with Crippen molar-refractivity contribution in [3.05, 3.63) is 70.4 Å². The van der Waals surface area contributed by atoms with Gasteiger partial charge in [-0.3, -0.25) is 9.78 Å². The Kier molecular flexibility index (Phi) is 4.74. The van der Waals surface area contributed by atoms with Crippen molar-refractivity contribution >= 4 is 34.8 Å². The van der Waals surface area contributed by atoms with Gasteiger partial charge in [0.15, 0.2) is 0 Å². The van der Waals surface area contributed by atoms with Crippen LogP contribution in [-0.4, -0.2) is 20.9 Å². The summed E-state index contributed by atoms with van der Waals surface area (Å²) in [7, 11) is 0. The fourth-order valence-electron chi connectivity index (χ4n) is 2.10. The summed E-state index contributed by atoms with van der Waals surface area (Å²) in [5, 5.41) is 3.67. The van der Waals surface area contributed by atoms with Crippen molar-refractivity contribution in [2.75, 3.05) is 5.32 Å². The molecule has 120 valence electrons. The minimum Gasteiger partial charge on any atom is -0.319 e. The summed E-state index contributed by atoms with van der Waals surface area (Å²) < 4.78 is 0. The molecule has 2 aromatic heterocycles. The van der Waals surface area contributed by atoms with Crippen LogP contribution in [-0.2, 0) is 0 Å². The third-order valence-electron chi connectivity index (χ3n) is 3.37. The number of aryl methyl sites for hydroxylation is 1. The second kappa shape index (κ2) is 6.95. The largest absolute Gasteiger partial charge is 0.319 e. The molecule has 0 saturated heterocycles. The highest BCUT2D eigenvalue weighted by Gasteiger charge is 2.12. The predicted octanol–water partition coefficient (Wildman–Crippen LogP) is 4.41. The number of pyridine rings is 1. The Hall–Kier alpha value is -2.50. The third kappa shape index (κ3) is 3.53. The zero-order chi connectivity index (χ0) is 17.1. The quantitative estimate of drug-likeness (QED) is 0.752. The van der Waals surface area contributed by atoms with E-state index in [1.807, 2.05) is 6.92 Å². The summed E-state index contributed by atoms with van der Waals surface area (Å²) in [5.74, 6) is -0.338. The maximum Gasteiger partial charge on any atom is 0.274 e. The van der Waals surface area contributed by atoms with E-state index < -0.39 is 0 Å². The average molecular weight is 359 g/mol. The lowest BCUT2D eigenvalue weighted by Gasteiger charge is -2.08. The maximum atomic E-state index is 12.4. The van der Waals surface area contributed by atoms with Crippen molar-refractivity contribution in [1.29, 1.82) is 0 Å². The molecule has 0 saturated carbocycles. The van der Waals surface area contributed by atoms with Crippen molar-refractivity contribution in [2.24, 2.45) is 0 Å². The Morgan fingerprint density at radius 3 is 2.62 bits per heavy atom. The summed E-state index contributed by atoms with van der Waals surface area (Å²) in [6.45, 7) is 1.82. The van der Waals surface area contributed by atoms with Gasteiger partial charge in [0.1, 0.15) is 12.0 Å². The van der Waals surface area contributed by atoms with Gasteiger partial charge in [-0.2, -0.15) is 0 Å². The van der Waals surface area contributed by atoms with E-state index in [-0.39, 0.29) is 11.6 Å². The van der Waals surface area contributed by atoms with Crippen molar-refractivity contribution in [3.8, 4) is 11.3 Å². The number of aromatic nitrogens is 3. The number of hydrogen-bond donors (Lipinski definition) is 1. The summed E-state index contributed by atoms with van der Waals surface area (Å²) in [6, 6.07) is 10.3. The number of carbonyl (C=O) groups excluding carboxylic acids is 1. The molecular formula is C17H12Cl2N4O. The van der Waals surface area contributed by atoms with Gasteiger partial charge >= 0.3 is 0 Å². The minimum atomic E-state index is -0.338. The highest BCUT2D eigenvalue weighted by Crippen LogP contribution is 2.27. The van der Waals surface area contributed by atoms with E-state index in [0.29, 0.717) is 21.4 Å². The highest BCUT2D eigenvalue weighted by atomic mass is 35.5. The van der Waals surface area contributed by atoms with Crippen LogP contribution in [0.4, 0.5) is 5.69 Å². The molecule has 2 heterocycles. The molecule has 5 nitrogen and oxygen atoms in total. The van der Waals surface area contributed by atoms with Crippen molar-refractivity contribution < 1.29 is 4.79 Å². The number of anilines is 1. The second-order valence-electron chi connectivity index (χ2n) is 5.01. The van der Waals surface area contributed by atoms with E-state index in [2.05, 4.69) is 20.3 Å². The number of benzene rings is 1. The minimum absolute atomic E-state index is 0.245. The van der Waals surface area contributed by atoms with E-state index in [1.54, 1.807) is 42.6 Å². The number of amides is 1. The average Bonchev–Trinajstić information content (AvgIpc) is 2.59. The van der Waals surface area contributed by atoms with Crippen LogP contribution in [0.1, 0.15) is 16.2 Å². The van der Waals surface area contributed by atoms with Gasteiger partial charge in [0.25, 0.3) is 5.91 Å². The van der Waals surface area contributed by atoms with Crippen molar-refractivity contribution in [3.63, 3.8) is 0 Å². The maximum absolute atomic E-state index is 12.4. The number of nitrogens with one attached hydrogen (secondary N) is 1. The van der Waals surface area contributed by atoms with Crippen LogP contribution in [0.5, 0.6) is 0 Å². The molecule has 1 N–H and O–H groups in total. The molecule has 24 heavy (non-hydrogen) atoms. The van der Waals surface area contributed by atoms with Gasteiger partial charge in [0, 0.05) is 11.8 Å². The van der Waals surface area contributed by atoms with Crippen LogP contribution in [0, 0.1) is 6.92 Å². The molecule has 7 heteroatoms. The van der Waals surface area contributed by atoms with Crippen LogP contribution in [0.3, 0.4) is 0 Å². The molecule has 0 atom stereocenters. The Morgan fingerprint density at radius 2 is 1.88 bits per heavy atom. The van der Waals surface area contributed by atoms with E-state index in [1.165, 1.54) is 6.33 Å². The molecule has 0 aliphatic rings. The van der Waals surface area contributed by atoms with Crippen LogP contribution in [0.15, 0.2) is 48.9 Å². The van der Waals surface area contributed by atoms with E-state index in [0.717, 1.165) is 11.3 Å². The fraction of sp³-hybridized carbons (Fsp3) is 0.0588. The first-order chi connectivity index (χ1) is 11.5. The third-order valence-corrected chi connectivity index (χ3v) is 4.11. The lowest BCUT2D eigenvalue weighted by molar-refractivity contribution is 0.102. The molecule has 3 aromatic rings. The highest BCUT2D eigenvalue weighted by molar-refractivity contribution is 6.42. The normalized spacial score (nSPS) is 10.5.